The summed E-state index contributed by atoms with van der Waals surface area (Å²) in [6.07, 6.45) is 0.0532. The molecule has 3 aromatic rings. The van der Waals surface area contributed by atoms with Gasteiger partial charge < -0.3 is 14.6 Å². The van der Waals surface area contributed by atoms with Gasteiger partial charge in [-0.25, -0.2) is 30.7 Å². The van der Waals surface area contributed by atoms with Crippen molar-refractivity contribution in [2.24, 2.45) is 0 Å². The average molecular weight is 547 g/mol. The van der Waals surface area contributed by atoms with Gasteiger partial charge in [0.15, 0.2) is 10.0 Å². The first kappa shape index (κ1) is 25.4. The Labute approximate surface area is 209 Å². The molecule has 0 unspecified atom stereocenters. The van der Waals surface area contributed by atoms with Crippen LogP contribution >= 0.6 is 11.3 Å². The summed E-state index contributed by atoms with van der Waals surface area (Å²) < 4.78 is 84.8. The van der Waals surface area contributed by atoms with Gasteiger partial charge in [-0.15, -0.1) is 10.2 Å². The third-order valence-electron chi connectivity index (χ3n) is 6.86. The third kappa shape index (κ3) is 4.59. The highest BCUT2D eigenvalue weighted by atomic mass is 32.2. The molecule has 36 heavy (non-hydrogen) atoms. The van der Waals surface area contributed by atoms with E-state index in [1.165, 1.54) is 12.3 Å². The number of hydrogen-bond acceptors (Lipinski definition) is 7. The van der Waals surface area contributed by atoms with Crippen molar-refractivity contribution in [3.05, 3.63) is 29.4 Å². The molecule has 5 rings (SSSR count). The van der Waals surface area contributed by atoms with Crippen molar-refractivity contribution in [1.29, 1.82) is 0 Å². The normalized spacial score (nSPS) is 24.1. The summed E-state index contributed by atoms with van der Waals surface area (Å²) in [5.74, 6) is 0. The van der Waals surface area contributed by atoms with Gasteiger partial charge in [-0.1, -0.05) is 11.3 Å². The monoisotopic (exact) mass is 546 g/mol. The van der Waals surface area contributed by atoms with Crippen molar-refractivity contribution in [3.8, 4) is 10.7 Å². The van der Waals surface area contributed by atoms with E-state index in [9.17, 15) is 26.0 Å². The fraction of sp³-hybridized carbons (Fsp3) is 0.545. The molecule has 1 saturated carbocycles. The quantitative estimate of drug-likeness (QED) is 0.419. The number of rotatable bonds is 8. The van der Waals surface area contributed by atoms with Crippen LogP contribution in [0.2, 0.25) is 0 Å². The Morgan fingerprint density at radius 1 is 1.25 bits per heavy atom. The highest BCUT2D eigenvalue weighted by molar-refractivity contribution is 7.89. The lowest BCUT2D eigenvalue weighted by molar-refractivity contribution is 0.150. The van der Waals surface area contributed by atoms with Crippen molar-refractivity contribution in [3.63, 3.8) is 0 Å². The van der Waals surface area contributed by atoms with Gasteiger partial charge in [0.2, 0.25) is 10.0 Å². The fourth-order valence-electron chi connectivity index (χ4n) is 4.52. The molecule has 1 aliphatic heterocycles. The second kappa shape index (κ2) is 9.23. The largest absolute Gasteiger partial charge is 0.364 e. The molecule has 0 radical (unpaired) electrons. The predicted molar refractivity (Wildman–Crippen MR) is 129 cm³/mol. The van der Waals surface area contributed by atoms with Gasteiger partial charge in [0.1, 0.15) is 18.2 Å². The lowest BCUT2D eigenvalue weighted by Crippen LogP contribution is -2.63. The van der Waals surface area contributed by atoms with Crippen LogP contribution in [0.3, 0.4) is 0 Å². The number of piperazine rings is 1. The predicted octanol–water partition coefficient (Wildman–Crippen LogP) is 3.70. The van der Waals surface area contributed by atoms with E-state index < -0.39 is 58.5 Å². The molecule has 2 fully saturated rings. The summed E-state index contributed by atoms with van der Waals surface area (Å²) in [6.45, 7) is 2.34. The van der Waals surface area contributed by atoms with Crippen LogP contribution in [0.1, 0.15) is 38.1 Å². The molecule has 3 aromatic heterocycles. The molecule has 0 amide bonds. The van der Waals surface area contributed by atoms with Crippen LogP contribution in [0.4, 0.5) is 23.2 Å². The van der Waals surface area contributed by atoms with E-state index in [1.807, 2.05) is 6.92 Å². The zero-order valence-corrected chi connectivity index (χ0v) is 21.2. The van der Waals surface area contributed by atoms with Crippen LogP contribution in [0.25, 0.3) is 16.2 Å². The van der Waals surface area contributed by atoms with Crippen molar-refractivity contribution in [2.45, 2.75) is 61.7 Å². The number of alkyl halides is 4. The zero-order chi connectivity index (χ0) is 25.8. The number of nitrogens with zero attached hydrogens (tertiary/aromatic N) is 4. The maximum absolute atomic E-state index is 13.8. The van der Waals surface area contributed by atoms with Crippen LogP contribution < -0.4 is 14.9 Å². The Balaban J connectivity index is 1.68. The molecule has 0 bridgehead atoms. The lowest BCUT2D eigenvalue weighted by Gasteiger charge is -2.44. The van der Waals surface area contributed by atoms with Crippen LogP contribution in [-0.2, 0) is 10.0 Å². The summed E-state index contributed by atoms with van der Waals surface area (Å²) in [4.78, 5) is 1.75. The molecule has 196 valence electrons. The number of aromatic nitrogens is 3. The minimum atomic E-state index is -3.96. The molecule has 1 saturated heterocycles. The second-order valence-corrected chi connectivity index (χ2v) is 12.3. The highest BCUT2D eigenvalue weighted by Gasteiger charge is 2.42. The standard InChI is InChI=1S/C22H26F4N6O2S2/c1-12-15(9-24)27-13(8-23)10-31(12)18-7-14(36(33,34)30-22(2)5-6-22)11-32-16(18)3-4-17(32)20-28-29-21(35-20)19(25)26/h3-4,7,11-13,15,19,27,30H,5-6,8-10H2,1-2H3/t12-,13-,15+/m0/s1. The number of fused-ring (bicyclic) bond motifs is 1. The summed E-state index contributed by atoms with van der Waals surface area (Å²) in [7, 11) is -3.96. The van der Waals surface area contributed by atoms with Gasteiger partial charge in [0.05, 0.1) is 29.0 Å². The van der Waals surface area contributed by atoms with Crippen molar-refractivity contribution >= 4 is 32.6 Å². The number of halogens is 4. The third-order valence-corrected chi connectivity index (χ3v) is 9.41. The first-order valence-electron chi connectivity index (χ1n) is 11.5. The summed E-state index contributed by atoms with van der Waals surface area (Å²) >= 11 is 0.716. The van der Waals surface area contributed by atoms with Crippen molar-refractivity contribution in [2.75, 3.05) is 24.8 Å². The summed E-state index contributed by atoms with van der Waals surface area (Å²) in [6, 6.07) is 3.14. The Bertz CT molecular complexity index is 1370. The Morgan fingerprint density at radius 3 is 2.61 bits per heavy atom. The highest BCUT2D eigenvalue weighted by Crippen LogP contribution is 2.38. The molecular formula is C22H26F4N6O2S2. The van der Waals surface area contributed by atoms with Crippen LogP contribution in [0, 0.1) is 0 Å². The molecular weight excluding hydrogens is 520 g/mol. The summed E-state index contributed by atoms with van der Waals surface area (Å²) in [5.41, 5.74) is 0.881. The van der Waals surface area contributed by atoms with Gasteiger partial charge in [-0.3, -0.25) is 0 Å². The van der Waals surface area contributed by atoms with E-state index in [4.69, 9.17) is 0 Å². The first-order chi connectivity index (χ1) is 17.0. The van der Waals surface area contributed by atoms with Crippen LogP contribution in [0.5, 0.6) is 0 Å². The van der Waals surface area contributed by atoms with E-state index in [-0.39, 0.29) is 16.4 Å². The Morgan fingerprint density at radius 2 is 2.00 bits per heavy atom. The fourth-order valence-corrected chi connectivity index (χ4v) is 6.72. The molecule has 0 spiro atoms. The minimum Gasteiger partial charge on any atom is -0.364 e. The number of anilines is 1. The van der Waals surface area contributed by atoms with Crippen molar-refractivity contribution < 1.29 is 26.0 Å². The molecule has 2 N–H and O–H groups in total. The van der Waals surface area contributed by atoms with Crippen molar-refractivity contribution in [1.82, 2.24) is 24.6 Å². The number of pyridine rings is 1. The topological polar surface area (TPSA) is 91.6 Å². The number of sulfonamides is 1. The smallest absolute Gasteiger partial charge is 0.291 e. The second-order valence-electron chi connectivity index (χ2n) is 9.62. The van der Waals surface area contributed by atoms with Gasteiger partial charge in [0.25, 0.3) is 6.43 Å². The Kier molecular flexibility index (Phi) is 6.50. The number of nitrogens with one attached hydrogen (secondary N) is 2. The first-order valence-corrected chi connectivity index (χ1v) is 13.8. The van der Waals surface area contributed by atoms with E-state index >= 15 is 0 Å². The summed E-state index contributed by atoms with van der Waals surface area (Å²) in [5, 5.41) is 10.1. The molecule has 3 atom stereocenters. The van der Waals surface area contributed by atoms with Gasteiger partial charge in [-0.2, -0.15) is 0 Å². The average Bonchev–Trinajstić information content (AvgIpc) is 3.23. The Hall–Kier alpha value is -2.29. The van der Waals surface area contributed by atoms with E-state index in [0.29, 0.717) is 41.1 Å². The maximum Gasteiger partial charge on any atom is 0.291 e. The molecule has 14 heteroatoms. The van der Waals surface area contributed by atoms with Gasteiger partial charge in [-0.05, 0) is 44.9 Å². The van der Waals surface area contributed by atoms with E-state index in [1.54, 1.807) is 28.4 Å². The van der Waals surface area contributed by atoms with Crippen LogP contribution in [-0.4, -0.2) is 66.6 Å². The maximum atomic E-state index is 13.8. The zero-order valence-electron chi connectivity index (χ0n) is 19.6. The SMILES string of the molecule is C[C@H]1[C@@H](CF)N[C@@H](CF)CN1c1cc(S(=O)(=O)NC2(C)CC2)cn2c(-c3nnc(C(F)F)s3)ccc12. The van der Waals surface area contributed by atoms with Crippen LogP contribution in [0.15, 0.2) is 29.3 Å². The number of hydrogen-bond donors (Lipinski definition) is 2. The van der Waals surface area contributed by atoms with Gasteiger partial charge in [0, 0.05) is 24.3 Å². The minimum absolute atomic E-state index is 0.0477. The van der Waals surface area contributed by atoms with Gasteiger partial charge >= 0.3 is 0 Å². The molecule has 2 aliphatic rings. The molecule has 4 heterocycles. The van der Waals surface area contributed by atoms with E-state index in [0.717, 1.165) is 0 Å². The molecule has 8 nitrogen and oxygen atoms in total. The molecule has 0 aromatic carbocycles. The molecule has 1 aliphatic carbocycles. The lowest BCUT2D eigenvalue weighted by atomic mass is 10.0. The van der Waals surface area contributed by atoms with E-state index in [2.05, 4.69) is 20.2 Å².